The highest BCUT2D eigenvalue weighted by Crippen LogP contribution is 2.22. The molecule has 3 aromatic rings. The lowest BCUT2D eigenvalue weighted by atomic mass is 10.2. The third-order valence-corrected chi connectivity index (χ3v) is 4.75. The standard InChI is InChI=1S/C14H10Cl2N2OS/c1-8-6-20-13-12(8)17-7-18(14(13)19)5-9-4-10(15)2-3-11(9)16/h2-4,6-7H,5H2,1H3. The number of halogens is 2. The van der Waals surface area contributed by atoms with Gasteiger partial charge >= 0.3 is 0 Å². The molecule has 6 heteroatoms. The first-order valence-electron chi connectivity index (χ1n) is 5.93. The van der Waals surface area contributed by atoms with Gasteiger partial charge in [0, 0.05) is 10.0 Å². The Balaban J connectivity index is 2.09. The fourth-order valence-electron chi connectivity index (χ4n) is 2.02. The molecule has 0 aliphatic rings. The molecular weight excluding hydrogens is 315 g/mol. The summed E-state index contributed by atoms with van der Waals surface area (Å²) >= 11 is 13.5. The fourth-order valence-corrected chi connectivity index (χ4v) is 3.34. The maximum atomic E-state index is 12.4. The highest BCUT2D eigenvalue weighted by molar-refractivity contribution is 7.17. The molecule has 0 fully saturated rings. The van der Waals surface area contributed by atoms with Gasteiger partial charge in [0.25, 0.3) is 5.56 Å². The van der Waals surface area contributed by atoms with Crippen molar-refractivity contribution in [2.75, 3.05) is 0 Å². The smallest absolute Gasteiger partial charge is 0.271 e. The number of thiophene rings is 1. The monoisotopic (exact) mass is 324 g/mol. The number of hydrogen-bond acceptors (Lipinski definition) is 3. The van der Waals surface area contributed by atoms with Crippen molar-refractivity contribution < 1.29 is 0 Å². The van der Waals surface area contributed by atoms with Gasteiger partial charge in [-0.05, 0) is 41.6 Å². The van der Waals surface area contributed by atoms with Gasteiger partial charge in [0.1, 0.15) is 4.70 Å². The quantitative estimate of drug-likeness (QED) is 0.710. The van der Waals surface area contributed by atoms with Crippen molar-refractivity contribution >= 4 is 44.8 Å². The highest BCUT2D eigenvalue weighted by atomic mass is 35.5. The molecule has 0 amide bonds. The predicted octanol–water partition coefficient (Wildman–Crippen LogP) is 4.12. The van der Waals surface area contributed by atoms with Gasteiger partial charge < -0.3 is 0 Å². The first-order chi connectivity index (χ1) is 9.56. The maximum Gasteiger partial charge on any atom is 0.271 e. The van der Waals surface area contributed by atoms with Crippen LogP contribution in [0.15, 0.2) is 34.7 Å². The van der Waals surface area contributed by atoms with Gasteiger partial charge in [0.2, 0.25) is 0 Å². The first kappa shape index (κ1) is 13.6. The Morgan fingerprint density at radius 2 is 2.15 bits per heavy atom. The average molecular weight is 325 g/mol. The highest BCUT2D eigenvalue weighted by Gasteiger charge is 2.10. The largest absolute Gasteiger partial charge is 0.293 e. The summed E-state index contributed by atoms with van der Waals surface area (Å²) in [4.78, 5) is 16.7. The molecule has 3 rings (SSSR count). The van der Waals surface area contributed by atoms with Crippen LogP contribution in [-0.2, 0) is 6.54 Å². The third-order valence-electron chi connectivity index (χ3n) is 3.07. The molecule has 0 bridgehead atoms. The summed E-state index contributed by atoms with van der Waals surface area (Å²) in [5.74, 6) is 0. The van der Waals surface area contributed by atoms with Crippen LogP contribution in [-0.4, -0.2) is 9.55 Å². The Hall–Kier alpha value is -1.36. The summed E-state index contributed by atoms with van der Waals surface area (Å²) in [5, 5.41) is 3.12. The Morgan fingerprint density at radius 1 is 1.35 bits per heavy atom. The summed E-state index contributed by atoms with van der Waals surface area (Å²) < 4.78 is 2.22. The van der Waals surface area contributed by atoms with E-state index in [9.17, 15) is 4.79 Å². The molecular formula is C14H10Cl2N2OS. The molecule has 0 atom stereocenters. The molecule has 0 unspecified atom stereocenters. The predicted molar refractivity (Wildman–Crippen MR) is 84.2 cm³/mol. The molecule has 1 aromatic carbocycles. The van der Waals surface area contributed by atoms with Gasteiger partial charge in [-0.2, -0.15) is 0 Å². The minimum absolute atomic E-state index is 0.0517. The molecule has 20 heavy (non-hydrogen) atoms. The normalized spacial score (nSPS) is 11.2. The van der Waals surface area contributed by atoms with Crippen molar-refractivity contribution in [1.29, 1.82) is 0 Å². The molecule has 0 aliphatic carbocycles. The molecule has 3 nitrogen and oxygen atoms in total. The van der Waals surface area contributed by atoms with Gasteiger partial charge in [-0.25, -0.2) is 4.98 Å². The number of benzene rings is 1. The lowest BCUT2D eigenvalue weighted by molar-refractivity contribution is 0.750. The molecule has 0 saturated carbocycles. The second kappa shape index (κ2) is 5.20. The van der Waals surface area contributed by atoms with Gasteiger partial charge in [0.05, 0.1) is 18.4 Å². The molecule has 0 spiro atoms. The van der Waals surface area contributed by atoms with Crippen molar-refractivity contribution in [2.24, 2.45) is 0 Å². The van der Waals surface area contributed by atoms with E-state index >= 15 is 0 Å². The molecule has 0 radical (unpaired) electrons. The Labute approximate surface area is 129 Å². The minimum atomic E-state index is -0.0517. The summed E-state index contributed by atoms with van der Waals surface area (Å²) in [5.41, 5.74) is 2.54. The lowest BCUT2D eigenvalue weighted by Crippen LogP contribution is -2.20. The van der Waals surface area contributed by atoms with Crippen LogP contribution in [0.5, 0.6) is 0 Å². The van der Waals surface area contributed by atoms with Crippen LogP contribution in [0.3, 0.4) is 0 Å². The number of hydrogen-bond donors (Lipinski definition) is 0. The van der Waals surface area contributed by atoms with Gasteiger partial charge in [0.15, 0.2) is 0 Å². The van der Waals surface area contributed by atoms with E-state index in [2.05, 4.69) is 4.98 Å². The van der Waals surface area contributed by atoms with Gasteiger partial charge in [-0.15, -0.1) is 11.3 Å². The lowest BCUT2D eigenvalue weighted by Gasteiger charge is -2.07. The van der Waals surface area contributed by atoms with E-state index in [1.165, 1.54) is 11.3 Å². The fraction of sp³-hybridized carbons (Fsp3) is 0.143. The summed E-state index contributed by atoms with van der Waals surface area (Å²) in [6.45, 7) is 2.31. The molecule has 0 saturated heterocycles. The van der Waals surface area contributed by atoms with Crippen molar-refractivity contribution in [2.45, 2.75) is 13.5 Å². The van der Waals surface area contributed by atoms with E-state index < -0.39 is 0 Å². The van der Waals surface area contributed by atoms with Crippen LogP contribution in [0.25, 0.3) is 10.2 Å². The van der Waals surface area contributed by atoms with E-state index in [1.54, 1.807) is 29.1 Å². The molecule has 0 aliphatic heterocycles. The second-order valence-corrected chi connectivity index (χ2v) is 6.23. The van der Waals surface area contributed by atoms with Crippen LogP contribution in [0.2, 0.25) is 10.0 Å². The summed E-state index contributed by atoms with van der Waals surface area (Å²) in [6, 6.07) is 5.21. The van der Waals surface area contributed by atoms with Crippen molar-refractivity contribution in [3.8, 4) is 0 Å². The summed E-state index contributed by atoms with van der Waals surface area (Å²) in [6.07, 6.45) is 1.56. The van der Waals surface area contributed by atoms with E-state index in [0.717, 1.165) is 16.6 Å². The molecule has 102 valence electrons. The minimum Gasteiger partial charge on any atom is -0.293 e. The van der Waals surface area contributed by atoms with Crippen molar-refractivity contribution in [3.63, 3.8) is 0 Å². The van der Waals surface area contributed by atoms with E-state index in [0.29, 0.717) is 21.3 Å². The SMILES string of the molecule is Cc1csc2c(=O)n(Cc3cc(Cl)ccc3Cl)cnc12. The van der Waals surface area contributed by atoms with Crippen LogP contribution in [0.4, 0.5) is 0 Å². The van der Waals surface area contributed by atoms with E-state index in [1.807, 2.05) is 12.3 Å². The summed E-state index contributed by atoms with van der Waals surface area (Å²) in [7, 11) is 0. The molecule has 2 aromatic heterocycles. The third kappa shape index (κ3) is 2.35. The van der Waals surface area contributed by atoms with E-state index in [-0.39, 0.29) is 5.56 Å². The number of aryl methyl sites for hydroxylation is 1. The maximum absolute atomic E-state index is 12.4. The molecule has 0 N–H and O–H groups in total. The second-order valence-electron chi connectivity index (χ2n) is 4.51. The average Bonchev–Trinajstić information content (AvgIpc) is 2.79. The van der Waals surface area contributed by atoms with Gasteiger partial charge in [-0.1, -0.05) is 23.2 Å². The number of rotatable bonds is 2. The Kier molecular flexibility index (Phi) is 3.54. The topological polar surface area (TPSA) is 34.9 Å². The first-order valence-corrected chi connectivity index (χ1v) is 7.57. The van der Waals surface area contributed by atoms with Crippen molar-refractivity contribution in [1.82, 2.24) is 9.55 Å². The van der Waals surface area contributed by atoms with Crippen LogP contribution in [0, 0.1) is 6.92 Å². The van der Waals surface area contributed by atoms with E-state index in [4.69, 9.17) is 23.2 Å². The van der Waals surface area contributed by atoms with Crippen LogP contribution >= 0.6 is 34.5 Å². The zero-order valence-corrected chi connectivity index (χ0v) is 12.9. The number of fused-ring (bicyclic) bond motifs is 1. The Morgan fingerprint density at radius 3 is 2.95 bits per heavy atom. The van der Waals surface area contributed by atoms with Crippen LogP contribution in [0.1, 0.15) is 11.1 Å². The molecule has 2 heterocycles. The zero-order chi connectivity index (χ0) is 14.3. The van der Waals surface area contributed by atoms with Crippen molar-refractivity contribution in [3.05, 3.63) is 61.4 Å². The van der Waals surface area contributed by atoms with Gasteiger partial charge in [-0.3, -0.25) is 9.36 Å². The van der Waals surface area contributed by atoms with Crippen LogP contribution < -0.4 is 5.56 Å². The Bertz CT molecular complexity index is 854. The number of nitrogens with zero attached hydrogens (tertiary/aromatic N) is 2. The zero-order valence-electron chi connectivity index (χ0n) is 10.6. The number of aromatic nitrogens is 2.